The lowest BCUT2D eigenvalue weighted by atomic mass is 9.96. The number of aliphatic hydroxyl groups is 1. The first-order chi connectivity index (χ1) is 14.1. The van der Waals surface area contributed by atoms with E-state index in [1.165, 1.54) is 0 Å². The first kappa shape index (κ1) is 28.9. The van der Waals surface area contributed by atoms with Crippen molar-refractivity contribution in [1.82, 2.24) is 0 Å². The van der Waals surface area contributed by atoms with E-state index in [0.717, 1.165) is 23.8 Å². The molecule has 0 amide bonds. The highest BCUT2D eigenvalue weighted by Crippen LogP contribution is 2.25. The van der Waals surface area contributed by atoms with Crippen LogP contribution in [0, 0.1) is 0 Å². The fourth-order valence-electron chi connectivity index (χ4n) is 2.11. The summed E-state index contributed by atoms with van der Waals surface area (Å²) in [5, 5.41) is 9.64. The first-order valence-electron chi connectivity index (χ1n) is 9.98. The molecular weight excluding hydrogens is 380 g/mol. The highest BCUT2D eigenvalue weighted by atomic mass is 32.2. The highest BCUT2D eigenvalue weighted by molar-refractivity contribution is 7.84. The van der Waals surface area contributed by atoms with Gasteiger partial charge >= 0.3 is 0 Å². The summed E-state index contributed by atoms with van der Waals surface area (Å²) >= 11 is 0. The maximum atomic E-state index is 11.4. The molecule has 0 radical (unpaired) electrons. The molecule has 0 bridgehead atoms. The number of carbonyl (C=O) groups is 1. The predicted octanol–water partition coefficient (Wildman–Crippen LogP) is 6.16. The van der Waals surface area contributed by atoms with E-state index in [1.807, 2.05) is 64.1 Å². The molecule has 4 heteroatoms. The molecule has 160 valence electrons. The lowest BCUT2D eigenvalue weighted by Gasteiger charge is -2.10. The summed E-state index contributed by atoms with van der Waals surface area (Å²) in [6, 6.07) is 16.3. The van der Waals surface area contributed by atoms with E-state index in [4.69, 9.17) is 0 Å². The second kappa shape index (κ2) is 19.0. The summed E-state index contributed by atoms with van der Waals surface area (Å²) in [5.74, 6) is 0. The van der Waals surface area contributed by atoms with Crippen LogP contribution in [0.3, 0.4) is 0 Å². The third-order valence-corrected chi connectivity index (χ3v) is 4.45. The van der Waals surface area contributed by atoms with E-state index in [-0.39, 0.29) is 6.61 Å². The normalized spacial score (nSPS) is 11.0. The largest absolute Gasteiger partial charge is 0.392 e. The van der Waals surface area contributed by atoms with Gasteiger partial charge in [-0.2, -0.15) is 0 Å². The van der Waals surface area contributed by atoms with Gasteiger partial charge in [0.1, 0.15) is 0 Å². The van der Waals surface area contributed by atoms with E-state index in [2.05, 4.69) is 13.5 Å². The van der Waals surface area contributed by atoms with Crippen LogP contribution in [0.5, 0.6) is 0 Å². The molecule has 2 aromatic carbocycles. The molecule has 0 heterocycles. The number of benzene rings is 2. The Labute approximate surface area is 179 Å². The van der Waals surface area contributed by atoms with E-state index in [9.17, 15) is 14.1 Å². The van der Waals surface area contributed by atoms with E-state index < -0.39 is 10.8 Å². The van der Waals surface area contributed by atoms with Gasteiger partial charge in [-0.3, -0.25) is 9.00 Å². The molecule has 0 aromatic heterocycles. The zero-order valence-corrected chi connectivity index (χ0v) is 19.5. The average molecular weight is 417 g/mol. The Morgan fingerprint density at radius 3 is 1.79 bits per heavy atom. The standard InChI is InChI=1S/C17H16O3S.C4H8.2C2H6/c1-21(20)15-9-7-14(8-10-15)17(12-19)16(11-18)13-5-3-2-4-6-13;1-3-4-2;2*1-2/h2-11,19H,12H2,1H3;3H,1,4H2,2H3;2*1-2H3/b17-16-;;;. The molecule has 0 saturated carbocycles. The number of aliphatic hydroxyl groups excluding tert-OH is 1. The van der Waals surface area contributed by atoms with Crippen molar-refractivity contribution in [2.45, 2.75) is 45.9 Å². The molecule has 29 heavy (non-hydrogen) atoms. The maximum Gasteiger partial charge on any atom is 0.151 e. The Hall–Kier alpha value is -2.30. The van der Waals surface area contributed by atoms with Crippen LogP contribution in [0.4, 0.5) is 0 Å². The van der Waals surface area contributed by atoms with Crippen LogP contribution >= 0.6 is 0 Å². The lowest BCUT2D eigenvalue weighted by molar-refractivity contribution is -0.103. The zero-order chi connectivity index (χ0) is 22.7. The lowest BCUT2D eigenvalue weighted by Crippen LogP contribution is -1.99. The third-order valence-electron chi connectivity index (χ3n) is 3.51. The summed E-state index contributed by atoms with van der Waals surface area (Å²) in [6.07, 6.45) is 5.32. The van der Waals surface area contributed by atoms with Crippen molar-refractivity contribution in [3.05, 3.63) is 78.4 Å². The number of aldehydes is 1. The van der Waals surface area contributed by atoms with Gasteiger partial charge in [-0.25, -0.2) is 0 Å². The number of carbonyl (C=O) groups excluding carboxylic acids is 1. The van der Waals surface area contributed by atoms with Gasteiger partial charge in [0.25, 0.3) is 0 Å². The molecule has 1 atom stereocenters. The van der Waals surface area contributed by atoms with Crippen molar-refractivity contribution in [2.75, 3.05) is 12.9 Å². The Morgan fingerprint density at radius 2 is 1.45 bits per heavy atom. The summed E-state index contributed by atoms with van der Waals surface area (Å²) in [5.41, 5.74) is 2.53. The Kier molecular flexibility index (Phi) is 19.0. The van der Waals surface area contributed by atoms with Crippen molar-refractivity contribution in [3.63, 3.8) is 0 Å². The molecule has 0 aliphatic rings. The first-order valence-corrected chi connectivity index (χ1v) is 11.5. The minimum absolute atomic E-state index is 0.239. The van der Waals surface area contributed by atoms with Crippen LogP contribution in [0.15, 0.2) is 72.1 Å². The molecular formula is C25H36O3S. The summed E-state index contributed by atoms with van der Waals surface area (Å²) < 4.78 is 11.4. The fourth-order valence-corrected chi connectivity index (χ4v) is 2.63. The minimum Gasteiger partial charge on any atom is -0.392 e. The van der Waals surface area contributed by atoms with Crippen LogP contribution in [-0.2, 0) is 15.6 Å². The molecule has 1 unspecified atom stereocenters. The number of hydrogen-bond donors (Lipinski definition) is 1. The van der Waals surface area contributed by atoms with E-state index in [1.54, 1.807) is 30.5 Å². The summed E-state index contributed by atoms with van der Waals surface area (Å²) in [4.78, 5) is 12.1. The molecule has 1 N–H and O–H groups in total. The van der Waals surface area contributed by atoms with Gasteiger partial charge < -0.3 is 5.11 Å². The summed E-state index contributed by atoms with van der Waals surface area (Å²) in [7, 11) is -1.05. The Balaban J connectivity index is 0. The molecule has 0 aliphatic heterocycles. The van der Waals surface area contributed by atoms with E-state index in [0.29, 0.717) is 16.0 Å². The molecule has 2 aromatic rings. The van der Waals surface area contributed by atoms with Gasteiger partial charge in [0.15, 0.2) is 6.29 Å². The highest BCUT2D eigenvalue weighted by Gasteiger charge is 2.10. The van der Waals surface area contributed by atoms with Gasteiger partial charge in [0.2, 0.25) is 0 Å². The topological polar surface area (TPSA) is 54.4 Å². The molecule has 0 aliphatic carbocycles. The van der Waals surface area contributed by atoms with Gasteiger partial charge in [0.05, 0.1) is 6.61 Å². The number of hydrogen-bond acceptors (Lipinski definition) is 3. The molecule has 2 rings (SSSR count). The van der Waals surface area contributed by atoms with Crippen LogP contribution in [0.2, 0.25) is 0 Å². The van der Waals surface area contributed by atoms with Gasteiger partial charge in [-0.05, 0) is 35.3 Å². The molecule has 0 fully saturated rings. The molecule has 0 spiro atoms. The van der Waals surface area contributed by atoms with Crippen LogP contribution in [-0.4, -0.2) is 28.5 Å². The summed E-state index contributed by atoms with van der Waals surface area (Å²) in [6.45, 7) is 13.3. The second-order valence-electron chi connectivity index (χ2n) is 5.21. The fraction of sp³-hybridized carbons (Fsp3) is 0.320. The van der Waals surface area contributed by atoms with Crippen LogP contribution in [0.1, 0.15) is 52.2 Å². The monoisotopic (exact) mass is 416 g/mol. The van der Waals surface area contributed by atoms with Gasteiger partial charge in [-0.15, -0.1) is 6.58 Å². The van der Waals surface area contributed by atoms with Crippen LogP contribution < -0.4 is 0 Å². The van der Waals surface area contributed by atoms with E-state index >= 15 is 0 Å². The van der Waals surface area contributed by atoms with Gasteiger partial charge in [-0.1, -0.05) is 83.2 Å². The van der Waals surface area contributed by atoms with Crippen molar-refractivity contribution < 1.29 is 14.1 Å². The Morgan fingerprint density at radius 1 is 0.966 bits per heavy atom. The van der Waals surface area contributed by atoms with Crippen molar-refractivity contribution in [1.29, 1.82) is 0 Å². The number of allylic oxidation sites excluding steroid dienone is 2. The van der Waals surface area contributed by atoms with Crippen LogP contribution in [0.25, 0.3) is 11.1 Å². The zero-order valence-electron chi connectivity index (χ0n) is 18.6. The number of rotatable bonds is 6. The van der Waals surface area contributed by atoms with Gasteiger partial charge in [0, 0.05) is 27.5 Å². The average Bonchev–Trinajstić information content (AvgIpc) is 2.80. The van der Waals surface area contributed by atoms with Crippen molar-refractivity contribution in [2.24, 2.45) is 0 Å². The Bertz CT molecular complexity index is 732. The predicted molar refractivity (Wildman–Crippen MR) is 128 cm³/mol. The second-order valence-corrected chi connectivity index (χ2v) is 6.59. The molecule has 0 saturated heterocycles. The van der Waals surface area contributed by atoms with Crippen molar-refractivity contribution >= 4 is 28.2 Å². The minimum atomic E-state index is -1.05. The third kappa shape index (κ3) is 10.7. The molecule has 3 nitrogen and oxygen atoms in total. The quantitative estimate of drug-likeness (QED) is 0.265. The SMILES string of the molecule is C=CCC.CC.CC.CS(=O)c1ccc(/C(CO)=C(/C=O)c2ccccc2)cc1. The van der Waals surface area contributed by atoms with Crippen molar-refractivity contribution in [3.8, 4) is 0 Å². The maximum absolute atomic E-state index is 11.4. The smallest absolute Gasteiger partial charge is 0.151 e.